The van der Waals surface area contributed by atoms with Crippen LogP contribution >= 0.6 is 35.5 Å². The molecule has 168 valence electrons. The fourth-order valence-electron chi connectivity index (χ4n) is 3.05. The molecule has 1 fully saturated rings. The summed E-state index contributed by atoms with van der Waals surface area (Å²) in [4.78, 5) is 14.1. The number of nitrogens with zero attached hydrogens (tertiary/aromatic N) is 8. The van der Waals surface area contributed by atoms with E-state index >= 15 is 0 Å². The molecule has 30 heavy (non-hydrogen) atoms. The first-order valence-corrected chi connectivity index (χ1v) is 10.8. The van der Waals surface area contributed by atoms with E-state index in [2.05, 4.69) is 41.6 Å². The van der Waals surface area contributed by atoms with Gasteiger partial charge in [-0.2, -0.15) is 4.37 Å². The standard InChI is InChI=1S/C18H31N9OS.HI/c1-5-15-21-18(29-24-15)27-10-8-26(9-11-27)17(19-7-6-12-28-4)20-13-16-23-22-14(2)25(16)3;/h5-13H2,1-4H3,(H,19,20);1H. The smallest absolute Gasteiger partial charge is 0.205 e. The molecular formula is C18H32IN9OS. The minimum Gasteiger partial charge on any atom is -0.385 e. The number of halogens is 1. The molecule has 0 unspecified atom stereocenters. The minimum absolute atomic E-state index is 0. The second-order valence-electron chi connectivity index (χ2n) is 6.96. The van der Waals surface area contributed by atoms with Crippen LogP contribution in [0.15, 0.2) is 4.99 Å². The maximum Gasteiger partial charge on any atom is 0.205 e. The number of aliphatic imine (C=N–C) groups is 1. The molecule has 0 spiro atoms. The lowest BCUT2D eigenvalue weighted by molar-refractivity contribution is 0.195. The molecule has 2 aromatic rings. The number of nitrogens with one attached hydrogen (secondary N) is 1. The third kappa shape index (κ3) is 6.48. The van der Waals surface area contributed by atoms with Crippen molar-refractivity contribution in [3.05, 3.63) is 17.5 Å². The zero-order valence-electron chi connectivity index (χ0n) is 18.2. The lowest BCUT2D eigenvalue weighted by Gasteiger charge is -2.36. The number of guanidine groups is 1. The van der Waals surface area contributed by atoms with Gasteiger partial charge in [0.25, 0.3) is 0 Å². The zero-order valence-corrected chi connectivity index (χ0v) is 21.3. The molecule has 0 bridgehead atoms. The largest absolute Gasteiger partial charge is 0.385 e. The quantitative estimate of drug-likeness (QED) is 0.229. The van der Waals surface area contributed by atoms with Crippen molar-refractivity contribution in [2.24, 2.45) is 12.0 Å². The van der Waals surface area contributed by atoms with E-state index in [4.69, 9.17) is 9.73 Å². The SMILES string of the molecule is CCc1nsc(N2CCN(C(=NCc3nnc(C)n3C)NCCCOC)CC2)n1.I. The van der Waals surface area contributed by atoms with Gasteiger partial charge in [0.15, 0.2) is 11.8 Å². The van der Waals surface area contributed by atoms with Gasteiger partial charge in [0, 0.05) is 71.4 Å². The van der Waals surface area contributed by atoms with Crippen LogP contribution in [0, 0.1) is 6.92 Å². The van der Waals surface area contributed by atoms with Crippen LogP contribution in [-0.4, -0.2) is 81.4 Å². The van der Waals surface area contributed by atoms with E-state index < -0.39 is 0 Å². The van der Waals surface area contributed by atoms with E-state index in [9.17, 15) is 0 Å². The highest BCUT2D eigenvalue weighted by Gasteiger charge is 2.22. The van der Waals surface area contributed by atoms with E-state index in [0.29, 0.717) is 6.54 Å². The Balaban J connectivity index is 0.00000320. The van der Waals surface area contributed by atoms with Gasteiger partial charge in [-0.3, -0.25) is 0 Å². The Kier molecular flexibility index (Phi) is 10.2. The molecule has 0 aliphatic carbocycles. The first kappa shape index (κ1) is 24.7. The van der Waals surface area contributed by atoms with Crippen molar-refractivity contribution < 1.29 is 4.74 Å². The van der Waals surface area contributed by atoms with E-state index in [1.165, 1.54) is 11.5 Å². The summed E-state index contributed by atoms with van der Waals surface area (Å²) < 4.78 is 11.5. The lowest BCUT2D eigenvalue weighted by Crippen LogP contribution is -2.52. The number of anilines is 1. The van der Waals surface area contributed by atoms with Crippen LogP contribution in [0.5, 0.6) is 0 Å². The van der Waals surface area contributed by atoms with Crippen LogP contribution in [0.4, 0.5) is 5.13 Å². The monoisotopic (exact) mass is 549 g/mol. The molecular weight excluding hydrogens is 517 g/mol. The molecule has 0 saturated carbocycles. The van der Waals surface area contributed by atoms with E-state index in [1.807, 2.05) is 18.5 Å². The fourth-order valence-corrected chi connectivity index (χ4v) is 3.85. The number of aromatic nitrogens is 5. The average molecular weight is 549 g/mol. The van der Waals surface area contributed by atoms with Gasteiger partial charge in [-0.1, -0.05) is 6.92 Å². The van der Waals surface area contributed by atoms with Crippen molar-refractivity contribution in [3.63, 3.8) is 0 Å². The van der Waals surface area contributed by atoms with Crippen LogP contribution in [0.25, 0.3) is 0 Å². The summed E-state index contributed by atoms with van der Waals surface area (Å²) in [7, 11) is 3.69. The van der Waals surface area contributed by atoms with Crippen molar-refractivity contribution in [2.45, 2.75) is 33.2 Å². The average Bonchev–Trinajstić information content (AvgIpc) is 3.35. The van der Waals surface area contributed by atoms with Gasteiger partial charge < -0.3 is 24.4 Å². The number of ether oxygens (including phenoxy) is 1. The molecule has 0 radical (unpaired) electrons. The highest BCUT2D eigenvalue weighted by molar-refractivity contribution is 14.0. The second-order valence-corrected chi connectivity index (χ2v) is 7.69. The molecule has 0 atom stereocenters. The Labute approximate surface area is 199 Å². The Hall–Kier alpha value is -1.54. The van der Waals surface area contributed by atoms with E-state index in [1.54, 1.807) is 7.11 Å². The van der Waals surface area contributed by atoms with Crippen molar-refractivity contribution in [1.29, 1.82) is 0 Å². The fraction of sp³-hybridized carbons (Fsp3) is 0.722. The number of piperazine rings is 1. The summed E-state index contributed by atoms with van der Waals surface area (Å²) in [6.07, 6.45) is 1.81. The van der Waals surface area contributed by atoms with Gasteiger partial charge in [-0.25, -0.2) is 9.98 Å². The molecule has 10 nitrogen and oxygen atoms in total. The molecule has 1 saturated heterocycles. The summed E-state index contributed by atoms with van der Waals surface area (Å²) in [5.41, 5.74) is 0. The topological polar surface area (TPSA) is 96.6 Å². The lowest BCUT2D eigenvalue weighted by atomic mass is 10.3. The van der Waals surface area contributed by atoms with Gasteiger partial charge in [-0.05, 0) is 13.3 Å². The van der Waals surface area contributed by atoms with Crippen molar-refractivity contribution >= 4 is 46.6 Å². The predicted molar refractivity (Wildman–Crippen MR) is 130 cm³/mol. The maximum atomic E-state index is 5.16. The Morgan fingerprint density at radius 2 is 2.00 bits per heavy atom. The minimum atomic E-state index is 0. The van der Waals surface area contributed by atoms with Crippen molar-refractivity contribution in [2.75, 3.05) is 51.3 Å². The normalized spacial score (nSPS) is 14.7. The van der Waals surface area contributed by atoms with Crippen molar-refractivity contribution in [3.8, 4) is 0 Å². The van der Waals surface area contributed by atoms with Gasteiger partial charge >= 0.3 is 0 Å². The van der Waals surface area contributed by atoms with Crippen LogP contribution in [0.2, 0.25) is 0 Å². The van der Waals surface area contributed by atoms with Crippen LogP contribution in [0.3, 0.4) is 0 Å². The van der Waals surface area contributed by atoms with Crippen molar-refractivity contribution in [1.82, 2.24) is 34.3 Å². The molecule has 3 heterocycles. The summed E-state index contributed by atoms with van der Waals surface area (Å²) in [5, 5.41) is 12.8. The molecule has 1 aliphatic rings. The molecule has 0 amide bonds. The highest BCUT2D eigenvalue weighted by Crippen LogP contribution is 2.19. The summed E-state index contributed by atoms with van der Waals surface area (Å²) in [5.74, 6) is 3.58. The number of hydrogen-bond donors (Lipinski definition) is 1. The first-order chi connectivity index (χ1) is 14.1. The molecule has 3 rings (SSSR count). The molecule has 1 N–H and O–H groups in total. The Morgan fingerprint density at radius 1 is 1.23 bits per heavy atom. The third-order valence-corrected chi connectivity index (χ3v) is 5.80. The van der Waals surface area contributed by atoms with E-state index in [-0.39, 0.29) is 24.0 Å². The number of rotatable bonds is 8. The number of methoxy groups -OCH3 is 1. The first-order valence-electron chi connectivity index (χ1n) is 10.1. The van der Waals surface area contributed by atoms with Crippen LogP contribution in [0.1, 0.15) is 30.8 Å². The Morgan fingerprint density at radius 3 is 2.60 bits per heavy atom. The zero-order chi connectivity index (χ0) is 20.6. The molecule has 2 aromatic heterocycles. The summed E-state index contributed by atoms with van der Waals surface area (Å²) >= 11 is 1.49. The Bertz CT molecular complexity index is 801. The van der Waals surface area contributed by atoms with Gasteiger partial charge in [-0.15, -0.1) is 34.2 Å². The third-order valence-electron chi connectivity index (χ3n) is 4.98. The molecule has 1 aliphatic heterocycles. The second kappa shape index (κ2) is 12.3. The summed E-state index contributed by atoms with van der Waals surface area (Å²) in [6, 6.07) is 0. The van der Waals surface area contributed by atoms with Crippen LogP contribution in [-0.2, 0) is 24.8 Å². The summed E-state index contributed by atoms with van der Waals surface area (Å²) in [6.45, 7) is 9.65. The van der Waals surface area contributed by atoms with Gasteiger partial charge in [0.1, 0.15) is 18.2 Å². The molecule has 12 heteroatoms. The number of hydrogen-bond acceptors (Lipinski definition) is 8. The van der Waals surface area contributed by atoms with E-state index in [0.717, 1.165) is 80.7 Å². The maximum absolute atomic E-state index is 5.16. The highest BCUT2D eigenvalue weighted by atomic mass is 127. The predicted octanol–water partition coefficient (Wildman–Crippen LogP) is 1.46. The van der Waals surface area contributed by atoms with Gasteiger partial charge in [0.2, 0.25) is 5.13 Å². The van der Waals surface area contributed by atoms with Gasteiger partial charge in [0.05, 0.1) is 0 Å². The molecule has 0 aromatic carbocycles. The van der Waals surface area contributed by atoms with Crippen LogP contribution < -0.4 is 10.2 Å². The number of aryl methyl sites for hydroxylation is 2.